The van der Waals surface area contributed by atoms with Crippen LogP contribution in [0.4, 0.5) is 8.78 Å². The number of rotatable bonds is 9. The van der Waals surface area contributed by atoms with Crippen molar-refractivity contribution in [3.05, 3.63) is 59.7 Å². The predicted molar refractivity (Wildman–Crippen MR) is 106 cm³/mol. The van der Waals surface area contributed by atoms with Crippen LogP contribution in [0.5, 0.6) is 5.75 Å². The number of aliphatic hydroxyl groups is 1. The van der Waals surface area contributed by atoms with Gasteiger partial charge in [-0.05, 0) is 42.8 Å². The Morgan fingerprint density at radius 1 is 1.22 bits per heavy atom. The first-order valence-electron chi connectivity index (χ1n) is 9.57. The molecule has 1 aliphatic heterocycles. The zero-order valence-electron chi connectivity index (χ0n) is 16.8. The monoisotopic (exact) mass is 472 g/mol. The maximum absolute atomic E-state index is 13.7. The van der Waals surface area contributed by atoms with Gasteiger partial charge in [0.2, 0.25) is 10.0 Å². The van der Waals surface area contributed by atoms with Crippen molar-refractivity contribution in [3.63, 3.8) is 0 Å². The van der Waals surface area contributed by atoms with E-state index in [-0.39, 0.29) is 48.9 Å². The molecule has 1 fully saturated rings. The number of sulfonamides is 1. The van der Waals surface area contributed by atoms with Crippen LogP contribution < -0.4 is 14.9 Å². The number of hydrogen-bond acceptors (Lipinski definition) is 7. The molecular weight excluding hydrogens is 450 g/mol. The van der Waals surface area contributed by atoms with E-state index in [4.69, 9.17) is 19.8 Å². The van der Waals surface area contributed by atoms with Gasteiger partial charge in [0.25, 0.3) is 5.91 Å². The summed E-state index contributed by atoms with van der Waals surface area (Å²) in [5.74, 6) is -2.22. The van der Waals surface area contributed by atoms with Gasteiger partial charge in [0, 0.05) is 24.7 Å². The largest absolute Gasteiger partial charge is 0.489 e. The highest BCUT2D eigenvalue weighted by Crippen LogP contribution is 2.29. The zero-order valence-corrected chi connectivity index (χ0v) is 17.6. The van der Waals surface area contributed by atoms with Crippen molar-refractivity contribution in [1.82, 2.24) is 10.2 Å². The van der Waals surface area contributed by atoms with E-state index in [1.54, 1.807) is 0 Å². The maximum Gasteiger partial charge on any atom is 0.267 e. The molecule has 1 heterocycles. The lowest BCUT2D eigenvalue weighted by Gasteiger charge is -2.26. The van der Waals surface area contributed by atoms with E-state index in [2.05, 4.69) is 4.72 Å². The summed E-state index contributed by atoms with van der Waals surface area (Å²) < 4.78 is 65.4. The van der Waals surface area contributed by atoms with Gasteiger partial charge in [0.15, 0.2) is 0 Å². The molecule has 4 N–H and O–H groups in total. The molecule has 2 unspecified atom stereocenters. The van der Waals surface area contributed by atoms with E-state index in [0.717, 1.165) is 12.1 Å². The third-order valence-electron chi connectivity index (χ3n) is 5.00. The Bertz CT molecular complexity index is 1070. The Hall–Kier alpha value is -2.64. The number of carbonyl (C=O) groups excluding carboxylic acids is 1. The van der Waals surface area contributed by atoms with Gasteiger partial charge in [-0.1, -0.05) is 0 Å². The van der Waals surface area contributed by atoms with E-state index in [0.29, 0.717) is 0 Å². The fourth-order valence-corrected chi connectivity index (χ4v) is 4.67. The fourth-order valence-electron chi connectivity index (χ4n) is 3.31. The molecular formula is C20H22F2N2O7S. The summed E-state index contributed by atoms with van der Waals surface area (Å²) in [4.78, 5) is 12.0. The number of ether oxygens (including phenoxy) is 2. The molecule has 2 atom stereocenters. The summed E-state index contributed by atoms with van der Waals surface area (Å²) in [7, 11) is -4.21. The van der Waals surface area contributed by atoms with Crippen LogP contribution in [0.25, 0.3) is 0 Å². The Kier molecular flexibility index (Phi) is 7.41. The molecule has 0 radical (unpaired) electrons. The molecule has 0 aromatic heterocycles. The minimum Gasteiger partial charge on any atom is -0.489 e. The van der Waals surface area contributed by atoms with E-state index in [9.17, 15) is 22.0 Å². The van der Waals surface area contributed by atoms with Gasteiger partial charge in [0.1, 0.15) is 29.5 Å². The number of halogens is 2. The highest BCUT2D eigenvalue weighted by molar-refractivity contribution is 7.89. The predicted octanol–water partition coefficient (Wildman–Crippen LogP) is 1.24. The molecule has 9 nitrogen and oxygen atoms in total. The molecule has 1 saturated heterocycles. The van der Waals surface area contributed by atoms with Crippen LogP contribution in [0.15, 0.2) is 47.4 Å². The van der Waals surface area contributed by atoms with Gasteiger partial charge >= 0.3 is 0 Å². The van der Waals surface area contributed by atoms with E-state index >= 15 is 0 Å². The van der Waals surface area contributed by atoms with Crippen LogP contribution in [0.3, 0.4) is 0 Å². The standard InChI is InChI=1S/C20H22F2N2O7S/c21-14-2-1-13(18(22)9-14)11-30-15-3-5-17(6-4-15)32(28,29)24-20(19(26)23-27)10-16(7-8-25)31-12-20/h1-6,9,16,24-25,27H,7-8,10-12H2,(H,23,26). The molecule has 2 aromatic rings. The second-order valence-corrected chi connectivity index (χ2v) is 8.96. The quantitative estimate of drug-likeness (QED) is 0.319. The van der Waals surface area contributed by atoms with Crippen LogP contribution in [0, 0.1) is 11.6 Å². The molecule has 0 bridgehead atoms. The van der Waals surface area contributed by atoms with Crippen molar-refractivity contribution in [2.45, 2.75) is 36.0 Å². The number of amides is 1. The van der Waals surface area contributed by atoms with E-state index < -0.39 is 39.2 Å². The molecule has 2 aromatic carbocycles. The topological polar surface area (TPSA) is 134 Å². The van der Waals surface area contributed by atoms with Gasteiger partial charge in [0.05, 0.1) is 17.6 Å². The number of hydrogen-bond donors (Lipinski definition) is 4. The Morgan fingerprint density at radius 2 is 1.94 bits per heavy atom. The summed E-state index contributed by atoms with van der Waals surface area (Å²) in [6.45, 7) is -0.731. The van der Waals surface area contributed by atoms with E-state index in [1.165, 1.54) is 35.8 Å². The van der Waals surface area contributed by atoms with Crippen molar-refractivity contribution in [3.8, 4) is 5.75 Å². The minimum atomic E-state index is -4.21. The molecule has 12 heteroatoms. The second kappa shape index (κ2) is 9.88. The molecule has 0 saturated carbocycles. The fraction of sp³-hybridized carbons (Fsp3) is 0.350. The first kappa shape index (κ1) is 24.0. The summed E-state index contributed by atoms with van der Waals surface area (Å²) in [5.41, 5.74) is -0.171. The van der Waals surface area contributed by atoms with Crippen LogP contribution in [0.1, 0.15) is 18.4 Å². The zero-order chi connectivity index (χ0) is 23.4. The molecule has 32 heavy (non-hydrogen) atoms. The molecule has 1 amide bonds. The molecule has 1 aliphatic rings. The second-order valence-electron chi connectivity index (χ2n) is 7.27. The number of hydroxylamine groups is 1. The third kappa shape index (κ3) is 5.40. The number of carbonyl (C=O) groups is 1. The molecule has 0 spiro atoms. The lowest BCUT2D eigenvalue weighted by atomic mass is 9.95. The summed E-state index contributed by atoms with van der Waals surface area (Å²) in [6, 6.07) is 8.21. The smallest absolute Gasteiger partial charge is 0.267 e. The lowest BCUT2D eigenvalue weighted by molar-refractivity contribution is -0.135. The summed E-state index contributed by atoms with van der Waals surface area (Å²) in [5, 5.41) is 18.1. The number of nitrogens with one attached hydrogen (secondary N) is 2. The summed E-state index contributed by atoms with van der Waals surface area (Å²) >= 11 is 0. The van der Waals surface area contributed by atoms with E-state index in [1.807, 2.05) is 0 Å². The van der Waals surface area contributed by atoms with Crippen molar-refractivity contribution < 1.29 is 41.8 Å². The first-order valence-corrected chi connectivity index (χ1v) is 11.1. The van der Waals surface area contributed by atoms with Crippen molar-refractivity contribution in [1.29, 1.82) is 0 Å². The summed E-state index contributed by atoms with van der Waals surface area (Å²) in [6.07, 6.45) is -0.449. The highest BCUT2D eigenvalue weighted by Gasteiger charge is 2.49. The molecule has 3 rings (SSSR count). The highest BCUT2D eigenvalue weighted by atomic mass is 32.2. The SMILES string of the molecule is O=C(NO)C1(NS(=O)(=O)c2ccc(OCc3ccc(F)cc3F)cc2)COC(CCO)C1. The maximum atomic E-state index is 13.7. The molecule has 0 aliphatic carbocycles. The van der Waals surface area contributed by atoms with Crippen molar-refractivity contribution in [2.75, 3.05) is 13.2 Å². The number of benzene rings is 2. The van der Waals surface area contributed by atoms with Gasteiger partial charge in [-0.25, -0.2) is 22.7 Å². The Morgan fingerprint density at radius 3 is 2.56 bits per heavy atom. The van der Waals surface area contributed by atoms with Crippen LogP contribution in [-0.4, -0.2) is 49.5 Å². The van der Waals surface area contributed by atoms with Gasteiger partial charge in [-0.2, -0.15) is 4.72 Å². The first-order chi connectivity index (χ1) is 15.2. The minimum absolute atomic E-state index is 0.0797. The van der Waals surface area contributed by atoms with Crippen molar-refractivity contribution >= 4 is 15.9 Å². The lowest BCUT2D eigenvalue weighted by Crippen LogP contribution is -2.59. The van der Waals surface area contributed by atoms with Gasteiger partial charge in [-0.3, -0.25) is 10.0 Å². The van der Waals surface area contributed by atoms with Gasteiger partial charge in [-0.15, -0.1) is 0 Å². The van der Waals surface area contributed by atoms with Crippen LogP contribution in [0.2, 0.25) is 0 Å². The average Bonchev–Trinajstić information content (AvgIpc) is 3.16. The average molecular weight is 472 g/mol. The van der Waals surface area contributed by atoms with Gasteiger partial charge < -0.3 is 14.6 Å². The van der Waals surface area contributed by atoms with Crippen molar-refractivity contribution in [2.24, 2.45) is 0 Å². The van der Waals surface area contributed by atoms with Crippen LogP contribution >= 0.6 is 0 Å². The Labute approximate surface area is 183 Å². The van der Waals surface area contributed by atoms with Crippen LogP contribution in [-0.2, 0) is 26.2 Å². The Balaban J connectivity index is 1.71. The number of aliphatic hydroxyl groups excluding tert-OH is 1. The normalized spacial score (nSPS) is 20.8. The third-order valence-corrected chi connectivity index (χ3v) is 6.55. The molecule has 174 valence electrons.